The van der Waals surface area contributed by atoms with Gasteiger partial charge in [0.2, 0.25) is 5.95 Å². The van der Waals surface area contributed by atoms with E-state index in [2.05, 4.69) is 36.3 Å². The van der Waals surface area contributed by atoms with E-state index in [1.165, 1.54) is 6.07 Å². The van der Waals surface area contributed by atoms with Crippen LogP contribution in [0.15, 0.2) is 46.9 Å². The Bertz CT molecular complexity index is 1130. The first-order valence-corrected chi connectivity index (χ1v) is 11.5. The average molecular weight is 597 g/mol. The minimum absolute atomic E-state index is 0. The van der Waals surface area contributed by atoms with Gasteiger partial charge in [0.1, 0.15) is 5.82 Å². The second-order valence-electron chi connectivity index (χ2n) is 8.31. The predicted octanol–water partition coefficient (Wildman–Crippen LogP) is 7.04. The van der Waals surface area contributed by atoms with Crippen molar-refractivity contribution in [3.05, 3.63) is 46.9 Å². The second-order valence-corrected chi connectivity index (χ2v) is 9.22. The van der Waals surface area contributed by atoms with Gasteiger partial charge < -0.3 is 20.3 Å². The van der Waals surface area contributed by atoms with Gasteiger partial charge in [-0.2, -0.15) is 4.98 Å². The van der Waals surface area contributed by atoms with Gasteiger partial charge in [-0.05, 0) is 56.0 Å². The van der Waals surface area contributed by atoms with Crippen LogP contribution < -0.4 is 20.3 Å². The van der Waals surface area contributed by atoms with Crippen molar-refractivity contribution in [2.75, 3.05) is 29.6 Å². The Labute approximate surface area is 223 Å². The van der Waals surface area contributed by atoms with E-state index in [-0.39, 0.29) is 42.6 Å². The van der Waals surface area contributed by atoms with Crippen molar-refractivity contribution in [2.45, 2.75) is 44.1 Å². The van der Waals surface area contributed by atoms with Crippen LogP contribution in [0, 0.1) is 0 Å². The van der Waals surface area contributed by atoms with Gasteiger partial charge in [-0.1, -0.05) is 28.1 Å². The van der Waals surface area contributed by atoms with Crippen molar-refractivity contribution < 1.29 is 17.9 Å². The number of hydrogen-bond donors (Lipinski definition) is 2. The van der Waals surface area contributed by atoms with E-state index in [1.54, 1.807) is 12.1 Å². The molecule has 0 amide bonds. The Morgan fingerprint density at radius 1 is 0.943 bits per heavy atom. The molecule has 0 bridgehead atoms. The lowest BCUT2D eigenvalue weighted by molar-refractivity contribution is -0.274. The zero-order valence-corrected chi connectivity index (χ0v) is 22.3. The normalized spacial score (nSPS) is 17.7. The second kappa shape index (κ2) is 12.2. The van der Waals surface area contributed by atoms with E-state index in [9.17, 15) is 13.2 Å². The first kappa shape index (κ1) is 29.1. The maximum Gasteiger partial charge on any atom is 0.573 e. The highest BCUT2D eigenvalue weighted by Crippen LogP contribution is 2.35. The van der Waals surface area contributed by atoms with Crippen LogP contribution in [-0.4, -0.2) is 42.5 Å². The smallest absolute Gasteiger partial charge is 0.404 e. The lowest BCUT2D eigenvalue weighted by Crippen LogP contribution is -2.33. The van der Waals surface area contributed by atoms with Crippen LogP contribution in [-0.2, 0) is 0 Å². The number of aromatic nitrogens is 2. The van der Waals surface area contributed by atoms with Crippen LogP contribution >= 0.6 is 40.7 Å². The lowest BCUT2D eigenvalue weighted by Gasteiger charge is -2.31. The summed E-state index contributed by atoms with van der Waals surface area (Å²) < 4.78 is 43.0. The Hall–Kier alpha value is -2.17. The van der Waals surface area contributed by atoms with Crippen LogP contribution in [0.4, 0.5) is 30.6 Å². The first-order chi connectivity index (χ1) is 15.7. The molecule has 1 aliphatic carbocycles. The van der Waals surface area contributed by atoms with Crippen molar-refractivity contribution in [3.63, 3.8) is 0 Å². The van der Waals surface area contributed by atoms with Gasteiger partial charge in [0.05, 0.1) is 11.2 Å². The molecule has 1 aromatic heterocycles. The van der Waals surface area contributed by atoms with Gasteiger partial charge in [0.15, 0.2) is 5.75 Å². The molecule has 1 fully saturated rings. The third-order valence-electron chi connectivity index (χ3n) is 5.60. The van der Waals surface area contributed by atoms with Gasteiger partial charge in [-0.3, -0.25) is 0 Å². The standard InChI is InChI=1S/C23H25BrF3N5O.2ClH/c1-32(2)21-17-5-3-4-6-18(17)30-22(31-21)29-16-10-8-15(9-11-16)28-19-12-7-14(24)13-20(19)33-23(25,26)27;;/h3-7,12-13,15-16,28H,8-11H2,1-2H3,(H,29,30,31);2*1H. The fourth-order valence-electron chi connectivity index (χ4n) is 4.07. The molecule has 2 N–H and O–H groups in total. The zero-order valence-electron chi connectivity index (χ0n) is 19.1. The first-order valence-electron chi connectivity index (χ1n) is 10.7. The van der Waals surface area contributed by atoms with Crippen LogP contribution in [0.2, 0.25) is 0 Å². The van der Waals surface area contributed by atoms with E-state index < -0.39 is 6.36 Å². The number of para-hydroxylation sites is 1. The van der Waals surface area contributed by atoms with E-state index in [0.717, 1.165) is 42.4 Å². The number of benzene rings is 2. The minimum atomic E-state index is -4.75. The number of alkyl halides is 3. The molecule has 0 atom stereocenters. The van der Waals surface area contributed by atoms with E-state index >= 15 is 0 Å². The summed E-state index contributed by atoms with van der Waals surface area (Å²) >= 11 is 3.20. The predicted molar refractivity (Wildman–Crippen MR) is 142 cm³/mol. The minimum Gasteiger partial charge on any atom is -0.404 e. The Balaban J connectivity index is 0.00000216. The molecule has 2 aromatic carbocycles. The number of halogens is 6. The maximum absolute atomic E-state index is 12.8. The fourth-order valence-corrected chi connectivity index (χ4v) is 4.41. The monoisotopic (exact) mass is 595 g/mol. The van der Waals surface area contributed by atoms with Gasteiger partial charge in [-0.15, -0.1) is 38.0 Å². The average Bonchev–Trinajstić information content (AvgIpc) is 2.75. The van der Waals surface area contributed by atoms with Crippen molar-refractivity contribution in [1.29, 1.82) is 0 Å². The number of rotatable bonds is 6. The summed E-state index contributed by atoms with van der Waals surface area (Å²) in [6.45, 7) is 0. The zero-order chi connectivity index (χ0) is 23.6. The number of hydrogen-bond acceptors (Lipinski definition) is 6. The summed E-state index contributed by atoms with van der Waals surface area (Å²) in [6, 6.07) is 12.7. The lowest BCUT2D eigenvalue weighted by atomic mass is 9.91. The van der Waals surface area contributed by atoms with Crippen molar-refractivity contribution in [1.82, 2.24) is 9.97 Å². The summed E-state index contributed by atoms with van der Waals surface area (Å²) in [4.78, 5) is 11.3. The number of nitrogens with one attached hydrogen (secondary N) is 2. The molecule has 12 heteroatoms. The Morgan fingerprint density at radius 3 is 2.20 bits per heavy atom. The van der Waals surface area contributed by atoms with Gasteiger partial charge in [-0.25, -0.2) is 4.98 Å². The highest BCUT2D eigenvalue weighted by atomic mass is 79.9. The van der Waals surface area contributed by atoms with Gasteiger partial charge in [0, 0.05) is 36.0 Å². The number of ether oxygens (including phenoxy) is 1. The highest BCUT2D eigenvalue weighted by molar-refractivity contribution is 9.10. The third kappa shape index (κ3) is 7.65. The summed E-state index contributed by atoms with van der Waals surface area (Å²) in [5, 5.41) is 7.66. The summed E-state index contributed by atoms with van der Waals surface area (Å²) in [5.74, 6) is 1.20. The maximum atomic E-state index is 12.8. The quantitative estimate of drug-likeness (QED) is 0.318. The van der Waals surface area contributed by atoms with Crippen molar-refractivity contribution in [3.8, 4) is 5.75 Å². The van der Waals surface area contributed by atoms with Crippen LogP contribution in [0.1, 0.15) is 25.7 Å². The summed E-state index contributed by atoms with van der Waals surface area (Å²) in [5.41, 5.74) is 1.21. The summed E-state index contributed by atoms with van der Waals surface area (Å²) in [6.07, 6.45) is -1.46. The number of nitrogens with zero attached hydrogens (tertiary/aromatic N) is 3. The van der Waals surface area contributed by atoms with Crippen LogP contribution in [0.5, 0.6) is 5.75 Å². The molecular weight excluding hydrogens is 570 g/mol. The van der Waals surface area contributed by atoms with Crippen LogP contribution in [0.25, 0.3) is 10.9 Å². The van der Waals surface area contributed by atoms with E-state index in [4.69, 9.17) is 4.98 Å². The Kier molecular flexibility index (Phi) is 10.1. The molecule has 1 aliphatic rings. The Morgan fingerprint density at radius 2 is 1.57 bits per heavy atom. The summed E-state index contributed by atoms with van der Waals surface area (Å²) in [7, 11) is 3.91. The molecule has 6 nitrogen and oxygen atoms in total. The van der Waals surface area contributed by atoms with E-state index in [1.807, 2.05) is 43.3 Å². The molecule has 192 valence electrons. The molecule has 1 saturated carbocycles. The van der Waals surface area contributed by atoms with Crippen LogP contribution in [0.3, 0.4) is 0 Å². The molecular formula is C23H27BrCl2F3N5O. The van der Waals surface area contributed by atoms with Gasteiger partial charge >= 0.3 is 6.36 Å². The molecule has 0 aliphatic heterocycles. The molecule has 35 heavy (non-hydrogen) atoms. The molecule has 1 heterocycles. The number of fused-ring (bicyclic) bond motifs is 1. The SMILES string of the molecule is CN(C)c1nc(NC2CCC(Nc3ccc(Br)cc3OC(F)(F)F)CC2)nc2ccccc12.Cl.Cl. The number of anilines is 3. The third-order valence-corrected chi connectivity index (χ3v) is 6.09. The molecule has 4 rings (SSSR count). The van der Waals surface area contributed by atoms with Crippen molar-refractivity contribution >= 4 is 69.1 Å². The van der Waals surface area contributed by atoms with Gasteiger partial charge in [0.25, 0.3) is 0 Å². The molecule has 0 radical (unpaired) electrons. The molecule has 0 saturated heterocycles. The van der Waals surface area contributed by atoms with E-state index in [0.29, 0.717) is 16.1 Å². The largest absolute Gasteiger partial charge is 0.573 e. The highest BCUT2D eigenvalue weighted by Gasteiger charge is 2.33. The molecule has 3 aromatic rings. The fraction of sp³-hybridized carbons (Fsp3) is 0.391. The van der Waals surface area contributed by atoms with Crippen molar-refractivity contribution in [2.24, 2.45) is 0 Å². The topological polar surface area (TPSA) is 62.3 Å². The molecule has 0 unspecified atom stereocenters. The molecule has 0 spiro atoms.